The van der Waals surface area contributed by atoms with Crippen molar-refractivity contribution in [1.29, 1.82) is 0 Å². The molecule has 0 aromatic carbocycles. The Morgan fingerprint density at radius 1 is 1.83 bits per heavy atom. The van der Waals surface area contributed by atoms with E-state index in [1.165, 1.54) is 6.20 Å². The quantitative estimate of drug-likeness (QED) is 0.706. The molecule has 4 nitrogen and oxygen atoms in total. The zero-order chi connectivity index (χ0) is 9.14. The fourth-order valence-electron chi connectivity index (χ4n) is 0.905. The molecule has 0 radical (unpaired) electrons. The number of nitrogens with two attached hydrogens (primary N) is 1. The Labute approximate surface area is 75.3 Å². The van der Waals surface area contributed by atoms with Crippen LogP contribution in [-0.2, 0) is 7.05 Å². The van der Waals surface area contributed by atoms with Gasteiger partial charge in [0.2, 0.25) is 5.28 Å². The molecule has 66 valence electrons. The van der Waals surface area contributed by atoms with E-state index in [2.05, 4.69) is 4.98 Å². The highest BCUT2D eigenvalue weighted by molar-refractivity contribution is 6.28. The fraction of sp³-hybridized carbons (Fsp3) is 0.429. The molecular weight excluding hydrogens is 178 g/mol. The highest BCUT2D eigenvalue weighted by Gasteiger charge is 2.11. The lowest BCUT2D eigenvalue weighted by Gasteiger charge is -1.99. The van der Waals surface area contributed by atoms with Crippen LogP contribution in [0.25, 0.3) is 0 Å². The molecule has 0 aliphatic heterocycles. The second-order valence-corrected chi connectivity index (χ2v) is 2.77. The van der Waals surface area contributed by atoms with Crippen LogP contribution in [0, 0.1) is 0 Å². The molecule has 0 atom stereocenters. The fourth-order valence-corrected chi connectivity index (χ4v) is 1.05. The Kier molecular flexibility index (Phi) is 2.83. The standard InChI is InChI=1S/C7H10ClN3O/c1-11-5(4-10-7(11)8)6(12)2-3-9/h4H,2-3,9H2,1H3. The van der Waals surface area contributed by atoms with Crippen LogP contribution in [0.15, 0.2) is 6.20 Å². The molecule has 0 saturated heterocycles. The van der Waals surface area contributed by atoms with Crippen LogP contribution in [0.5, 0.6) is 0 Å². The Morgan fingerprint density at radius 2 is 2.50 bits per heavy atom. The van der Waals surface area contributed by atoms with Gasteiger partial charge in [0.1, 0.15) is 5.69 Å². The van der Waals surface area contributed by atoms with Gasteiger partial charge in [0.25, 0.3) is 0 Å². The van der Waals surface area contributed by atoms with Gasteiger partial charge in [-0.3, -0.25) is 4.79 Å². The second kappa shape index (κ2) is 3.69. The van der Waals surface area contributed by atoms with Gasteiger partial charge < -0.3 is 10.3 Å². The molecule has 5 heteroatoms. The maximum Gasteiger partial charge on any atom is 0.202 e. The average Bonchev–Trinajstić information content (AvgIpc) is 2.34. The first kappa shape index (κ1) is 9.22. The number of imidazole rings is 1. The van der Waals surface area contributed by atoms with E-state index < -0.39 is 0 Å². The van der Waals surface area contributed by atoms with Crippen LogP contribution in [0.3, 0.4) is 0 Å². The van der Waals surface area contributed by atoms with Gasteiger partial charge in [-0.05, 0) is 18.1 Å². The van der Waals surface area contributed by atoms with Crippen LogP contribution in [0.1, 0.15) is 16.9 Å². The Morgan fingerprint density at radius 3 is 2.92 bits per heavy atom. The predicted octanol–water partition coefficient (Wildman–Crippen LogP) is 0.605. The number of Topliss-reactive ketones (excluding diaryl/α,β-unsaturated/α-hetero) is 1. The zero-order valence-corrected chi connectivity index (χ0v) is 7.51. The maximum atomic E-state index is 11.3. The number of rotatable bonds is 3. The number of hydrogen-bond donors (Lipinski definition) is 1. The van der Waals surface area contributed by atoms with E-state index in [1.54, 1.807) is 11.6 Å². The van der Waals surface area contributed by atoms with E-state index in [-0.39, 0.29) is 5.78 Å². The Bertz CT molecular complexity index is 295. The summed E-state index contributed by atoms with van der Waals surface area (Å²) >= 11 is 5.64. The van der Waals surface area contributed by atoms with Crippen LogP contribution in [-0.4, -0.2) is 21.9 Å². The molecule has 0 saturated carbocycles. The van der Waals surface area contributed by atoms with Crippen molar-refractivity contribution in [2.45, 2.75) is 6.42 Å². The first-order valence-corrected chi connectivity index (χ1v) is 3.95. The van der Waals surface area contributed by atoms with Gasteiger partial charge >= 0.3 is 0 Å². The summed E-state index contributed by atoms with van der Waals surface area (Å²) in [7, 11) is 1.69. The molecule has 12 heavy (non-hydrogen) atoms. The van der Waals surface area contributed by atoms with E-state index in [0.717, 1.165) is 0 Å². The van der Waals surface area contributed by atoms with E-state index in [0.29, 0.717) is 23.9 Å². The zero-order valence-electron chi connectivity index (χ0n) is 6.75. The smallest absolute Gasteiger partial charge is 0.202 e. The van der Waals surface area contributed by atoms with Gasteiger partial charge in [0.05, 0.1) is 6.20 Å². The lowest BCUT2D eigenvalue weighted by Crippen LogP contribution is -2.11. The number of nitrogens with zero attached hydrogens (tertiary/aromatic N) is 2. The minimum atomic E-state index is -0.0283. The number of ketones is 1. The largest absolute Gasteiger partial charge is 0.330 e. The molecule has 0 spiro atoms. The molecular formula is C7H10ClN3O. The molecule has 0 amide bonds. The summed E-state index contributed by atoms with van der Waals surface area (Å²) in [6, 6.07) is 0. The van der Waals surface area contributed by atoms with E-state index in [1.807, 2.05) is 0 Å². The summed E-state index contributed by atoms with van der Waals surface area (Å²) in [6.07, 6.45) is 1.79. The summed E-state index contributed by atoms with van der Waals surface area (Å²) in [5.41, 5.74) is 5.75. The summed E-state index contributed by atoms with van der Waals surface area (Å²) in [5, 5.41) is 0.315. The van der Waals surface area contributed by atoms with Gasteiger partial charge in [-0.1, -0.05) is 0 Å². The molecule has 1 heterocycles. The molecule has 0 aliphatic rings. The van der Waals surface area contributed by atoms with Crippen LogP contribution >= 0.6 is 11.6 Å². The molecule has 1 rings (SSSR count). The number of carbonyl (C=O) groups excluding carboxylic acids is 1. The molecule has 0 unspecified atom stereocenters. The predicted molar refractivity (Wildman–Crippen MR) is 46.2 cm³/mol. The Hall–Kier alpha value is -0.870. The lowest BCUT2D eigenvalue weighted by molar-refractivity contribution is 0.0977. The molecule has 1 aromatic rings. The van der Waals surface area contributed by atoms with Crippen molar-refractivity contribution < 1.29 is 4.79 Å². The summed E-state index contributed by atoms with van der Waals surface area (Å²) in [5.74, 6) is -0.0283. The lowest BCUT2D eigenvalue weighted by atomic mass is 10.2. The second-order valence-electron chi connectivity index (χ2n) is 2.43. The molecule has 1 aromatic heterocycles. The van der Waals surface area contributed by atoms with Gasteiger partial charge in [-0.2, -0.15) is 0 Å². The molecule has 0 fully saturated rings. The van der Waals surface area contributed by atoms with Crippen LogP contribution in [0.4, 0.5) is 0 Å². The van der Waals surface area contributed by atoms with Crippen LogP contribution < -0.4 is 5.73 Å². The van der Waals surface area contributed by atoms with Crippen molar-refractivity contribution in [3.63, 3.8) is 0 Å². The SMILES string of the molecule is Cn1c(C(=O)CCN)cnc1Cl. The Balaban J connectivity index is 2.88. The topological polar surface area (TPSA) is 60.9 Å². The first-order chi connectivity index (χ1) is 5.66. The number of halogens is 1. The van der Waals surface area contributed by atoms with Crippen molar-refractivity contribution >= 4 is 17.4 Å². The van der Waals surface area contributed by atoms with Crippen molar-refractivity contribution in [2.75, 3.05) is 6.54 Å². The monoisotopic (exact) mass is 187 g/mol. The van der Waals surface area contributed by atoms with Crippen molar-refractivity contribution in [2.24, 2.45) is 12.8 Å². The third-order valence-electron chi connectivity index (χ3n) is 1.59. The van der Waals surface area contributed by atoms with E-state index >= 15 is 0 Å². The highest BCUT2D eigenvalue weighted by atomic mass is 35.5. The van der Waals surface area contributed by atoms with Gasteiger partial charge in [-0.15, -0.1) is 0 Å². The molecule has 2 N–H and O–H groups in total. The van der Waals surface area contributed by atoms with Gasteiger partial charge in [0.15, 0.2) is 5.78 Å². The van der Waals surface area contributed by atoms with Crippen molar-refractivity contribution in [3.05, 3.63) is 17.2 Å². The van der Waals surface area contributed by atoms with Crippen LogP contribution in [0.2, 0.25) is 5.28 Å². The molecule has 0 aliphatic carbocycles. The summed E-state index contributed by atoms with van der Waals surface area (Å²) in [4.78, 5) is 15.1. The number of carbonyl (C=O) groups is 1. The molecule has 0 bridgehead atoms. The number of aromatic nitrogens is 2. The van der Waals surface area contributed by atoms with E-state index in [4.69, 9.17) is 17.3 Å². The van der Waals surface area contributed by atoms with Gasteiger partial charge in [-0.25, -0.2) is 4.98 Å². The number of hydrogen-bond acceptors (Lipinski definition) is 3. The third-order valence-corrected chi connectivity index (χ3v) is 1.94. The third kappa shape index (κ3) is 1.65. The van der Waals surface area contributed by atoms with Crippen molar-refractivity contribution in [1.82, 2.24) is 9.55 Å². The minimum absolute atomic E-state index is 0.0283. The maximum absolute atomic E-state index is 11.3. The normalized spacial score (nSPS) is 10.2. The highest BCUT2D eigenvalue weighted by Crippen LogP contribution is 2.09. The van der Waals surface area contributed by atoms with E-state index in [9.17, 15) is 4.79 Å². The average molecular weight is 188 g/mol. The van der Waals surface area contributed by atoms with Crippen molar-refractivity contribution in [3.8, 4) is 0 Å². The summed E-state index contributed by atoms with van der Waals surface area (Å²) < 4.78 is 1.54. The van der Waals surface area contributed by atoms with Gasteiger partial charge in [0, 0.05) is 13.5 Å². The minimum Gasteiger partial charge on any atom is -0.330 e. The first-order valence-electron chi connectivity index (χ1n) is 3.57. The summed E-state index contributed by atoms with van der Waals surface area (Å²) in [6.45, 7) is 0.349.